The van der Waals surface area contributed by atoms with Crippen LogP contribution in [0.1, 0.15) is 21.5 Å². The van der Waals surface area contributed by atoms with Crippen LogP contribution in [0.15, 0.2) is 23.0 Å². The smallest absolute Gasteiger partial charge is 0.252 e. The molecule has 0 bridgehead atoms. The van der Waals surface area contributed by atoms with Crippen LogP contribution in [-0.2, 0) is 12.2 Å². The number of fused-ring (bicyclic) bond motifs is 3. The summed E-state index contributed by atoms with van der Waals surface area (Å²) in [5.41, 5.74) is 3.42. The number of H-pyrrole nitrogens is 1. The number of benzene rings is 1. The number of nitrogens with zero attached hydrogens (tertiary/aromatic N) is 1. The van der Waals surface area contributed by atoms with Gasteiger partial charge in [-0.25, -0.2) is 0 Å². The molecule has 2 N–H and O–H groups in total. The number of thioether (sulfide) groups is 1. The highest BCUT2D eigenvalue weighted by molar-refractivity contribution is 7.98. The van der Waals surface area contributed by atoms with Crippen LogP contribution in [0, 0.1) is 0 Å². The number of nitrogens with one attached hydrogen (secondary N) is 2. The molecule has 6 heteroatoms. The van der Waals surface area contributed by atoms with Gasteiger partial charge in [0.25, 0.3) is 11.5 Å². The zero-order chi connectivity index (χ0) is 16.4. The summed E-state index contributed by atoms with van der Waals surface area (Å²) in [6.45, 7) is 1.42. The fourth-order valence-electron chi connectivity index (χ4n) is 2.82. The topological polar surface area (TPSA) is 65.2 Å². The number of carbonyl (C=O) groups excluding carboxylic acids is 1. The number of carbonyl (C=O) groups is 1. The molecule has 1 aliphatic rings. The second-order valence-corrected chi connectivity index (χ2v) is 7.14. The quantitative estimate of drug-likeness (QED) is 0.893. The second-order valence-electron chi connectivity index (χ2n) is 6.03. The van der Waals surface area contributed by atoms with Gasteiger partial charge in [-0.3, -0.25) is 9.59 Å². The minimum absolute atomic E-state index is 0.00267. The van der Waals surface area contributed by atoms with E-state index in [1.807, 2.05) is 31.1 Å². The lowest BCUT2D eigenvalue weighted by molar-refractivity contribution is 0.0951. The monoisotopic (exact) mass is 331 g/mol. The first-order chi connectivity index (χ1) is 11.1. The molecule has 3 rings (SSSR count). The number of hydrogen-bond donors (Lipinski definition) is 2. The van der Waals surface area contributed by atoms with Gasteiger partial charge >= 0.3 is 0 Å². The van der Waals surface area contributed by atoms with E-state index < -0.39 is 0 Å². The molecule has 1 aromatic heterocycles. The first-order valence-electron chi connectivity index (χ1n) is 7.74. The molecule has 122 valence electrons. The Bertz CT molecular complexity index is 798. The van der Waals surface area contributed by atoms with Crippen LogP contribution in [-0.4, -0.2) is 48.7 Å². The number of pyridine rings is 1. The van der Waals surface area contributed by atoms with Crippen molar-refractivity contribution in [2.45, 2.75) is 12.2 Å². The molecule has 0 saturated carbocycles. The normalized spacial score (nSPS) is 14.0. The molecular weight excluding hydrogens is 310 g/mol. The van der Waals surface area contributed by atoms with E-state index in [0.29, 0.717) is 12.1 Å². The Kier molecular flexibility index (Phi) is 4.73. The van der Waals surface area contributed by atoms with E-state index in [1.165, 1.54) is 0 Å². The SMILES string of the molecule is CN(C)CCNC(=O)c1ccc2[nH]c(=O)c3c(c2c1)CCSC3. The molecule has 23 heavy (non-hydrogen) atoms. The second kappa shape index (κ2) is 6.76. The Morgan fingerprint density at radius 2 is 2.17 bits per heavy atom. The van der Waals surface area contributed by atoms with E-state index >= 15 is 0 Å². The van der Waals surface area contributed by atoms with Gasteiger partial charge in [0.15, 0.2) is 0 Å². The van der Waals surface area contributed by atoms with Crippen LogP contribution >= 0.6 is 11.8 Å². The largest absolute Gasteiger partial charge is 0.351 e. The van der Waals surface area contributed by atoms with E-state index in [2.05, 4.69) is 10.3 Å². The highest BCUT2D eigenvalue weighted by Gasteiger charge is 2.17. The van der Waals surface area contributed by atoms with E-state index in [0.717, 1.165) is 46.5 Å². The standard InChI is InChI=1S/C17H21N3O2S/c1-20(2)7-6-18-16(21)11-3-4-15-13(9-11)12-5-8-23-10-14(12)17(22)19-15/h3-4,9H,5-8,10H2,1-2H3,(H,18,21)(H,19,22). The first-order valence-corrected chi connectivity index (χ1v) is 8.90. The lowest BCUT2D eigenvalue weighted by atomic mass is 9.99. The van der Waals surface area contributed by atoms with Crippen molar-refractivity contribution in [2.75, 3.05) is 32.9 Å². The average molecular weight is 331 g/mol. The molecule has 1 amide bonds. The number of aryl methyl sites for hydroxylation is 1. The van der Waals surface area contributed by atoms with Gasteiger partial charge in [-0.15, -0.1) is 0 Å². The number of rotatable bonds is 4. The highest BCUT2D eigenvalue weighted by Crippen LogP contribution is 2.28. The Morgan fingerprint density at radius 1 is 1.35 bits per heavy atom. The predicted octanol–water partition coefficient (Wildman–Crippen LogP) is 1.61. The fraction of sp³-hybridized carbons (Fsp3) is 0.412. The Morgan fingerprint density at radius 3 is 2.96 bits per heavy atom. The minimum atomic E-state index is -0.0705. The lowest BCUT2D eigenvalue weighted by Crippen LogP contribution is -2.31. The maximum absolute atomic E-state index is 12.3. The van der Waals surface area contributed by atoms with E-state index in [1.54, 1.807) is 17.8 Å². The van der Waals surface area contributed by atoms with Crippen molar-refractivity contribution in [2.24, 2.45) is 0 Å². The fourth-order valence-corrected chi connectivity index (χ4v) is 3.83. The van der Waals surface area contributed by atoms with Crippen LogP contribution in [0.5, 0.6) is 0 Å². The van der Waals surface area contributed by atoms with Crippen molar-refractivity contribution in [1.82, 2.24) is 15.2 Å². The third kappa shape index (κ3) is 3.43. The first kappa shape index (κ1) is 16.1. The van der Waals surface area contributed by atoms with Gasteiger partial charge in [-0.2, -0.15) is 11.8 Å². The summed E-state index contributed by atoms with van der Waals surface area (Å²) in [6, 6.07) is 5.51. The average Bonchev–Trinajstić information content (AvgIpc) is 2.54. The Hall–Kier alpha value is -1.79. The van der Waals surface area contributed by atoms with Crippen molar-refractivity contribution in [1.29, 1.82) is 0 Å². The van der Waals surface area contributed by atoms with E-state index in [9.17, 15) is 9.59 Å². The molecule has 1 aliphatic heterocycles. The zero-order valence-electron chi connectivity index (χ0n) is 13.4. The molecule has 2 heterocycles. The summed E-state index contributed by atoms with van der Waals surface area (Å²) in [5, 5.41) is 3.93. The molecular formula is C17H21N3O2S. The maximum Gasteiger partial charge on any atom is 0.252 e. The van der Waals surface area contributed by atoms with Crippen molar-refractivity contribution in [3.05, 3.63) is 45.2 Å². The van der Waals surface area contributed by atoms with Gasteiger partial charge in [0.1, 0.15) is 0 Å². The molecule has 0 unspecified atom stereocenters. The number of aromatic nitrogens is 1. The minimum Gasteiger partial charge on any atom is -0.351 e. The molecule has 0 saturated heterocycles. The zero-order valence-corrected chi connectivity index (χ0v) is 14.3. The molecule has 0 radical (unpaired) electrons. The molecule has 1 aromatic carbocycles. The van der Waals surface area contributed by atoms with Crippen LogP contribution in [0.4, 0.5) is 0 Å². The van der Waals surface area contributed by atoms with Crippen molar-refractivity contribution in [3.8, 4) is 0 Å². The number of amides is 1. The summed E-state index contributed by atoms with van der Waals surface area (Å²) < 4.78 is 0. The summed E-state index contributed by atoms with van der Waals surface area (Å²) >= 11 is 1.78. The molecule has 0 atom stereocenters. The third-order valence-electron chi connectivity index (χ3n) is 4.08. The summed E-state index contributed by atoms with van der Waals surface area (Å²) in [4.78, 5) is 29.4. The highest BCUT2D eigenvalue weighted by atomic mass is 32.2. The molecule has 0 spiro atoms. The van der Waals surface area contributed by atoms with Crippen molar-refractivity contribution < 1.29 is 4.79 Å². The number of likely N-dealkylation sites (N-methyl/N-ethyl adjacent to an activating group) is 1. The van der Waals surface area contributed by atoms with Crippen LogP contribution < -0.4 is 10.9 Å². The Labute approximate surface area is 139 Å². The third-order valence-corrected chi connectivity index (χ3v) is 5.07. The lowest BCUT2D eigenvalue weighted by Gasteiger charge is -2.17. The van der Waals surface area contributed by atoms with Gasteiger partial charge in [-0.1, -0.05) is 0 Å². The maximum atomic E-state index is 12.3. The van der Waals surface area contributed by atoms with Crippen LogP contribution in [0.3, 0.4) is 0 Å². The van der Waals surface area contributed by atoms with Crippen LogP contribution in [0.25, 0.3) is 10.9 Å². The van der Waals surface area contributed by atoms with Gasteiger partial charge < -0.3 is 15.2 Å². The van der Waals surface area contributed by atoms with Crippen LogP contribution in [0.2, 0.25) is 0 Å². The summed E-state index contributed by atoms with van der Waals surface area (Å²) in [5.74, 6) is 1.70. The molecule has 2 aromatic rings. The number of hydrogen-bond acceptors (Lipinski definition) is 4. The molecule has 5 nitrogen and oxygen atoms in total. The van der Waals surface area contributed by atoms with Gasteiger partial charge in [0.05, 0.1) is 0 Å². The van der Waals surface area contributed by atoms with Crippen molar-refractivity contribution in [3.63, 3.8) is 0 Å². The molecule has 0 aliphatic carbocycles. The predicted molar refractivity (Wildman–Crippen MR) is 95.3 cm³/mol. The van der Waals surface area contributed by atoms with Crippen molar-refractivity contribution >= 4 is 28.6 Å². The summed E-state index contributed by atoms with van der Waals surface area (Å²) in [6.07, 6.45) is 0.881. The van der Waals surface area contributed by atoms with Gasteiger partial charge in [0.2, 0.25) is 0 Å². The Balaban J connectivity index is 1.93. The van der Waals surface area contributed by atoms with E-state index in [4.69, 9.17) is 0 Å². The van der Waals surface area contributed by atoms with Gasteiger partial charge in [-0.05, 0) is 50.0 Å². The van der Waals surface area contributed by atoms with Gasteiger partial charge in [0, 0.05) is 40.9 Å². The summed E-state index contributed by atoms with van der Waals surface area (Å²) in [7, 11) is 3.95. The number of aromatic amines is 1. The molecule has 0 fully saturated rings. The van der Waals surface area contributed by atoms with E-state index in [-0.39, 0.29) is 11.5 Å².